The van der Waals surface area contributed by atoms with Gasteiger partial charge < -0.3 is 20.5 Å². The molecule has 3 N–H and O–H groups in total. The van der Waals surface area contributed by atoms with Gasteiger partial charge in [-0.15, -0.1) is 12.4 Å². The van der Waals surface area contributed by atoms with Crippen LogP contribution in [0.5, 0.6) is 0 Å². The fourth-order valence-electron chi connectivity index (χ4n) is 2.40. The first-order valence-corrected chi connectivity index (χ1v) is 6.50. The standard InChI is InChI=1S/C12H22N2O3.ClH/c13-6-10-3-4-11(17-10)12(15)14-7-9-2-1-5-16-8-9;/h9-11H,1-8,13H2,(H,14,15);1H/t9?,10-,11+;/m1./s1. The van der Waals surface area contributed by atoms with Gasteiger partial charge in [0.2, 0.25) is 5.91 Å². The van der Waals surface area contributed by atoms with Crippen molar-refractivity contribution < 1.29 is 14.3 Å². The Morgan fingerprint density at radius 2 is 2.17 bits per heavy atom. The maximum atomic E-state index is 11.8. The molecule has 0 aromatic carbocycles. The summed E-state index contributed by atoms with van der Waals surface area (Å²) in [7, 11) is 0. The maximum Gasteiger partial charge on any atom is 0.249 e. The predicted octanol–water partition coefficient (Wildman–Crippen LogP) is 0.457. The summed E-state index contributed by atoms with van der Waals surface area (Å²) in [6, 6.07) is 0. The Bertz CT molecular complexity index is 260. The number of carbonyl (C=O) groups excluding carboxylic acids is 1. The SMILES string of the molecule is Cl.NC[C@H]1CC[C@@H](C(=O)NCC2CCCOC2)O1. The smallest absolute Gasteiger partial charge is 0.249 e. The summed E-state index contributed by atoms with van der Waals surface area (Å²) in [5.74, 6) is 0.464. The topological polar surface area (TPSA) is 73.6 Å². The van der Waals surface area contributed by atoms with Gasteiger partial charge in [-0.2, -0.15) is 0 Å². The van der Waals surface area contributed by atoms with Crippen molar-refractivity contribution in [2.75, 3.05) is 26.3 Å². The fraction of sp³-hybridized carbons (Fsp3) is 0.917. The molecular weight excluding hydrogens is 256 g/mol. The minimum absolute atomic E-state index is 0. The average molecular weight is 279 g/mol. The molecule has 5 nitrogen and oxygen atoms in total. The molecule has 18 heavy (non-hydrogen) atoms. The van der Waals surface area contributed by atoms with E-state index in [1.54, 1.807) is 0 Å². The van der Waals surface area contributed by atoms with Crippen molar-refractivity contribution in [3.63, 3.8) is 0 Å². The zero-order valence-electron chi connectivity index (χ0n) is 10.6. The van der Waals surface area contributed by atoms with Crippen molar-refractivity contribution in [3.8, 4) is 0 Å². The highest BCUT2D eigenvalue weighted by atomic mass is 35.5. The maximum absolute atomic E-state index is 11.8. The summed E-state index contributed by atoms with van der Waals surface area (Å²) >= 11 is 0. The zero-order chi connectivity index (χ0) is 12.1. The van der Waals surface area contributed by atoms with Crippen LogP contribution < -0.4 is 11.1 Å². The second-order valence-corrected chi connectivity index (χ2v) is 4.89. The second-order valence-electron chi connectivity index (χ2n) is 4.89. The number of rotatable bonds is 4. The molecule has 6 heteroatoms. The van der Waals surface area contributed by atoms with Gasteiger partial charge in [-0.1, -0.05) is 0 Å². The van der Waals surface area contributed by atoms with Crippen LogP contribution in [0, 0.1) is 5.92 Å². The van der Waals surface area contributed by atoms with Crippen molar-refractivity contribution in [2.45, 2.75) is 37.9 Å². The zero-order valence-corrected chi connectivity index (χ0v) is 11.4. The van der Waals surface area contributed by atoms with Gasteiger partial charge in [-0.3, -0.25) is 4.79 Å². The van der Waals surface area contributed by atoms with Crippen LogP contribution >= 0.6 is 12.4 Å². The molecule has 0 saturated carbocycles. The minimum atomic E-state index is -0.298. The van der Waals surface area contributed by atoms with Crippen LogP contribution in [0.1, 0.15) is 25.7 Å². The van der Waals surface area contributed by atoms with E-state index in [1.165, 1.54) is 0 Å². The molecule has 106 valence electrons. The van der Waals surface area contributed by atoms with E-state index in [-0.39, 0.29) is 30.5 Å². The number of hydrogen-bond donors (Lipinski definition) is 2. The molecule has 2 heterocycles. The molecule has 0 aromatic heterocycles. The van der Waals surface area contributed by atoms with Crippen molar-refractivity contribution in [2.24, 2.45) is 11.7 Å². The largest absolute Gasteiger partial charge is 0.381 e. The van der Waals surface area contributed by atoms with Crippen LogP contribution in [0.2, 0.25) is 0 Å². The molecule has 2 rings (SSSR count). The van der Waals surface area contributed by atoms with Gasteiger partial charge in [0.05, 0.1) is 12.7 Å². The Morgan fingerprint density at radius 3 is 2.78 bits per heavy atom. The van der Waals surface area contributed by atoms with Crippen LogP contribution in [0.25, 0.3) is 0 Å². The number of halogens is 1. The van der Waals surface area contributed by atoms with E-state index in [0.29, 0.717) is 19.0 Å². The molecule has 2 aliphatic heterocycles. The van der Waals surface area contributed by atoms with Crippen LogP contribution in [0.4, 0.5) is 0 Å². The van der Waals surface area contributed by atoms with Gasteiger partial charge in [0.25, 0.3) is 0 Å². The number of amides is 1. The number of carbonyl (C=O) groups is 1. The number of ether oxygens (including phenoxy) is 2. The first-order chi connectivity index (χ1) is 8.29. The molecule has 2 aliphatic rings. The number of nitrogens with two attached hydrogens (primary N) is 1. The van der Waals surface area contributed by atoms with Gasteiger partial charge in [0, 0.05) is 19.7 Å². The van der Waals surface area contributed by atoms with Gasteiger partial charge in [0.15, 0.2) is 0 Å². The van der Waals surface area contributed by atoms with Crippen LogP contribution in [-0.2, 0) is 14.3 Å². The quantitative estimate of drug-likeness (QED) is 0.783. The summed E-state index contributed by atoms with van der Waals surface area (Å²) in [5, 5.41) is 2.95. The molecule has 0 aliphatic carbocycles. The Labute approximate surface area is 114 Å². The molecule has 1 unspecified atom stereocenters. The number of hydrogen-bond acceptors (Lipinski definition) is 4. The molecule has 1 amide bonds. The third-order valence-corrected chi connectivity index (χ3v) is 3.48. The fourth-order valence-corrected chi connectivity index (χ4v) is 2.40. The van der Waals surface area contributed by atoms with Crippen LogP contribution in [0.3, 0.4) is 0 Å². The lowest BCUT2D eigenvalue weighted by atomic mass is 10.0. The van der Waals surface area contributed by atoms with Gasteiger partial charge in [0.1, 0.15) is 6.10 Å². The Balaban J connectivity index is 0.00000162. The van der Waals surface area contributed by atoms with Crippen LogP contribution in [0.15, 0.2) is 0 Å². The van der Waals surface area contributed by atoms with Crippen molar-refractivity contribution in [1.82, 2.24) is 5.32 Å². The molecule has 2 fully saturated rings. The van der Waals surface area contributed by atoms with E-state index in [0.717, 1.165) is 38.9 Å². The minimum Gasteiger partial charge on any atom is -0.381 e. The summed E-state index contributed by atoms with van der Waals surface area (Å²) in [4.78, 5) is 11.8. The number of nitrogens with one attached hydrogen (secondary N) is 1. The van der Waals surface area contributed by atoms with Crippen molar-refractivity contribution >= 4 is 18.3 Å². The summed E-state index contributed by atoms with van der Waals surface area (Å²) in [6.07, 6.45) is 3.67. The van der Waals surface area contributed by atoms with E-state index in [1.807, 2.05) is 0 Å². The lowest BCUT2D eigenvalue weighted by Gasteiger charge is -2.23. The second kappa shape index (κ2) is 7.94. The molecule has 0 spiro atoms. The van der Waals surface area contributed by atoms with E-state index >= 15 is 0 Å². The van der Waals surface area contributed by atoms with E-state index < -0.39 is 0 Å². The average Bonchev–Trinajstić information content (AvgIpc) is 2.86. The van der Waals surface area contributed by atoms with Crippen molar-refractivity contribution in [1.29, 1.82) is 0 Å². The molecule has 0 aromatic rings. The molecule has 2 saturated heterocycles. The molecule has 3 atom stereocenters. The summed E-state index contributed by atoms with van der Waals surface area (Å²) in [6.45, 7) is 2.82. The third kappa shape index (κ3) is 4.39. The third-order valence-electron chi connectivity index (χ3n) is 3.48. The Kier molecular flexibility index (Phi) is 6.92. The molecular formula is C12H23ClN2O3. The van der Waals surface area contributed by atoms with E-state index in [9.17, 15) is 4.79 Å². The normalized spacial score (nSPS) is 31.7. The Hall–Kier alpha value is -0.360. The first kappa shape index (κ1) is 15.7. The molecule has 0 radical (unpaired) electrons. The highest BCUT2D eigenvalue weighted by Gasteiger charge is 2.30. The predicted molar refractivity (Wildman–Crippen MR) is 70.8 cm³/mol. The lowest BCUT2D eigenvalue weighted by molar-refractivity contribution is -0.132. The summed E-state index contributed by atoms with van der Waals surface area (Å²) < 4.78 is 10.9. The lowest BCUT2D eigenvalue weighted by Crippen LogP contribution is -2.39. The van der Waals surface area contributed by atoms with Crippen molar-refractivity contribution in [3.05, 3.63) is 0 Å². The highest BCUT2D eigenvalue weighted by Crippen LogP contribution is 2.19. The van der Waals surface area contributed by atoms with Gasteiger partial charge in [-0.25, -0.2) is 0 Å². The van der Waals surface area contributed by atoms with Crippen LogP contribution in [-0.4, -0.2) is 44.4 Å². The Morgan fingerprint density at radius 1 is 1.33 bits per heavy atom. The van der Waals surface area contributed by atoms with Gasteiger partial charge >= 0.3 is 0 Å². The van der Waals surface area contributed by atoms with E-state index in [2.05, 4.69) is 5.32 Å². The molecule has 0 bridgehead atoms. The highest BCUT2D eigenvalue weighted by molar-refractivity contribution is 5.85. The van der Waals surface area contributed by atoms with Gasteiger partial charge in [-0.05, 0) is 31.6 Å². The first-order valence-electron chi connectivity index (χ1n) is 6.50. The van der Waals surface area contributed by atoms with E-state index in [4.69, 9.17) is 15.2 Å². The summed E-state index contributed by atoms with van der Waals surface area (Å²) in [5.41, 5.74) is 5.51. The monoisotopic (exact) mass is 278 g/mol.